The van der Waals surface area contributed by atoms with Crippen molar-refractivity contribution in [3.63, 3.8) is 0 Å². The van der Waals surface area contributed by atoms with Crippen molar-refractivity contribution in [2.24, 2.45) is 5.10 Å². The molecule has 1 unspecified atom stereocenters. The second kappa shape index (κ2) is 9.98. The molecule has 6 heteroatoms. The predicted molar refractivity (Wildman–Crippen MR) is 153 cm³/mol. The number of nitrogens with one attached hydrogen (secondary N) is 1. The maximum absolute atomic E-state index is 5.56. The highest BCUT2D eigenvalue weighted by atomic mass is 16.5. The zero-order chi connectivity index (χ0) is 26.1. The molecule has 0 radical (unpaired) electrons. The number of benzene rings is 4. The molecule has 38 heavy (non-hydrogen) atoms. The maximum Gasteiger partial charge on any atom is 0.120 e. The zero-order valence-corrected chi connectivity index (χ0v) is 21.6. The molecular weight excluding hydrogens is 474 g/mol. The molecule has 1 atom stereocenters. The van der Waals surface area contributed by atoms with Crippen LogP contribution in [-0.2, 0) is 0 Å². The van der Waals surface area contributed by atoms with E-state index in [1.165, 1.54) is 10.9 Å². The van der Waals surface area contributed by atoms with Crippen LogP contribution in [0.2, 0.25) is 0 Å². The predicted octanol–water partition coefficient (Wildman–Crippen LogP) is 7.22. The van der Waals surface area contributed by atoms with Gasteiger partial charge in [0.25, 0.3) is 0 Å². The van der Waals surface area contributed by atoms with Gasteiger partial charge in [0, 0.05) is 29.0 Å². The smallest absolute Gasteiger partial charge is 0.120 e. The summed E-state index contributed by atoms with van der Waals surface area (Å²) in [4.78, 5) is 3.70. The van der Waals surface area contributed by atoms with Crippen molar-refractivity contribution >= 4 is 22.3 Å². The number of methoxy groups -OCH3 is 3. The van der Waals surface area contributed by atoms with E-state index in [4.69, 9.17) is 19.3 Å². The first-order valence-electron chi connectivity index (χ1n) is 12.6. The van der Waals surface area contributed by atoms with Crippen molar-refractivity contribution in [1.82, 2.24) is 4.98 Å². The van der Waals surface area contributed by atoms with Gasteiger partial charge in [0.05, 0.1) is 44.5 Å². The van der Waals surface area contributed by atoms with Gasteiger partial charge < -0.3 is 19.2 Å². The number of rotatable bonds is 7. The third-order valence-corrected chi connectivity index (χ3v) is 7.11. The molecule has 6 nitrogen and oxygen atoms in total. The number of fused-ring (bicyclic) bond motifs is 1. The lowest BCUT2D eigenvalue weighted by molar-refractivity contribution is 0.414. The van der Waals surface area contributed by atoms with Crippen molar-refractivity contribution < 1.29 is 14.2 Å². The summed E-state index contributed by atoms with van der Waals surface area (Å²) in [6.45, 7) is 0. The van der Waals surface area contributed by atoms with Gasteiger partial charge in [-0.15, -0.1) is 0 Å². The van der Waals surface area contributed by atoms with Crippen LogP contribution in [0.3, 0.4) is 0 Å². The Kier molecular flexibility index (Phi) is 6.22. The number of para-hydroxylation sites is 1. The van der Waals surface area contributed by atoms with E-state index in [9.17, 15) is 0 Å². The molecule has 0 fully saturated rings. The first-order valence-corrected chi connectivity index (χ1v) is 12.6. The van der Waals surface area contributed by atoms with Gasteiger partial charge in [0.15, 0.2) is 0 Å². The number of H-pyrrole nitrogens is 1. The Balaban J connectivity index is 1.52. The van der Waals surface area contributed by atoms with Gasteiger partial charge in [0.2, 0.25) is 0 Å². The van der Waals surface area contributed by atoms with Crippen LogP contribution in [0, 0.1) is 0 Å². The number of aromatic nitrogens is 1. The minimum Gasteiger partial charge on any atom is -0.497 e. The van der Waals surface area contributed by atoms with E-state index in [1.807, 2.05) is 42.5 Å². The molecule has 190 valence electrons. The summed E-state index contributed by atoms with van der Waals surface area (Å²) in [5.41, 5.74) is 7.55. The topological polar surface area (TPSA) is 59.1 Å². The molecule has 2 heterocycles. The number of ether oxygens (including phenoxy) is 3. The highest BCUT2D eigenvalue weighted by Crippen LogP contribution is 2.44. The number of anilines is 1. The number of hydrazone groups is 1. The Labute approximate surface area is 222 Å². The van der Waals surface area contributed by atoms with E-state index in [0.717, 1.165) is 57.4 Å². The lowest BCUT2D eigenvalue weighted by atomic mass is 9.93. The highest BCUT2D eigenvalue weighted by Gasteiger charge is 2.34. The van der Waals surface area contributed by atoms with Crippen LogP contribution >= 0.6 is 0 Å². The van der Waals surface area contributed by atoms with E-state index in [2.05, 4.69) is 64.6 Å². The third-order valence-electron chi connectivity index (χ3n) is 7.11. The van der Waals surface area contributed by atoms with Gasteiger partial charge in [-0.25, -0.2) is 0 Å². The lowest BCUT2D eigenvalue weighted by Gasteiger charge is -2.25. The van der Waals surface area contributed by atoms with Gasteiger partial charge in [-0.1, -0.05) is 24.3 Å². The van der Waals surface area contributed by atoms with Crippen LogP contribution in [0.25, 0.3) is 22.2 Å². The maximum atomic E-state index is 5.56. The van der Waals surface area contributed by atoms with Crippen LogP contribution in [0.4, 0.5) is 5.69 Å². The Morgan fingerprint density at radius 1 is 0.711 bits per heavy atom. The summed E-state index contributed by atoms with van der Waals surface area (Å²) in [5.74, 6) is 2.45. The van der Waals surface area contributed by atoms with Crippen LogP contribution in [0.1, 0.15) is 23.6 Å². The van der Waals surface area contributed by atoms with Crippen molar-refractivity contribution in [2.75, 3.05) is 26.3 Å². The zero-order valence-electron chi connectivity index (χ0n) is 21.6. The minimum absolute atomic E-state index is 0.0348. The molecule has 0 bridgehead atoms. The first kappa shape index (κ1) is 23.7. The quantitative estimate of drug-likeness (QED) is 0.255. The van der Waals surface area contributed by atoms with Gasteiger partial charge in [0.1, 0.15) is 17.2 Å². The van der Waals surface area contributed by atoms with Crippen molar-refractivity contribution in [2.45, 2.75) is 12.5 Å². The normalized spacial score (nSPS) is 15.0. The van der Waals surface area contributed by atoms with E-state index in [0.29, 0.717) is 0 Å². The van der Waals surface area contributed by atoms with E-state index in [-0.39, 0.29) is 6.04 Å². The fourth-order valence-electron chi connectivity index (χ4n) is 5.18. The monoisotopic (exact) mass is 503 g/mol. The molecule has 0 aliphatic carbocycles. The molecule has 1 aliphatic rings. The first-order chi connectivity index (χ1) is 18.7. The van der Waals surface area contributed by atoms with Crippen LogP contribution in [0.15, 0.2) is 102 Å². The van der Waals surface area contributed by atoms with E-state index in [1.54, 1.807) is 21.3 Å². The van der Waals surface area contributed by atoms with Crippen molar-refractivity contribution in [3.8, 4) is 28.5 Å². The van der Waals surface area contributed by atoms with Gasteiger partial charge >= 0.3 is 0 Å². The fourth-order valence-corrected chi connectivity index (χ4v) is 5.18. The molecule has 0 spiro atoms. The fraction of sp³-hybridized carbons (Fsp3) is 0.156. The van der Waals surface area contributed by atoms with Gasteiger partial charge in [-0.2, -0.15) is 5.10 Å². The largest absolute Gasteiger partial charge is 0.497 e. The second-order valence-electron chi connectivity index (χ2n) is 9.23. The number of hydrogen-bond acceptors (Lipinski definition) is 5. The summed E-state index contributed by atoms with van der Waals surface area (Å²) in [7, 11) is 5.06. The number of aromatic amines is 1. The summed E-state index contributed by atoms with van der Waals surface area (Å²) in [6.07, 6.45) is 0.745. The molecule has 0 saturated carbocycles. The summed E-state index contributed by atoms with van der Waals surface area (Å²) >= 11 is 0. The Morgan fingerprint density at radius 3 is 2.05 bits per heavy atom. The summed E-state index contributed by atoms with van der Waals surface area (Å²) < 4.78 is 16.3. The summed E-state index contributed by atoms with van der Waals surface area (Å²) in [5, 5.41) is 8.50. The van der Waals surface area contributed by atoms with E-state index < -0.39 is 0 Å². The van der Waals surface area contributed by atoms with Gasteiger partial charge in [-0.3, -0.25) is 5.01 Å². The molecule has 0 saturated heterocycles. The minimum atomic E-state index is -0.0348. The van der Waals surface area contributed by atoms with Gasteiger partial charge in [-0.05, 0) is 77.9 Å². The molecule has 4 aromatic carbocycles. The Hall–Kier alpha value is -4.71. The number of nitrogens with zero attached hydrogens (tertiary/aromatic N) is 2. The summed E-state index contributed by atoms with van der Waals surface area (Å²) in [6, 6.07) is 32.8. The average molecular weight is 504 g/mol. The second-order valence-corrected chi connectivity index (χ2v) is 9.23. The Bertz CT molecular complexity index is 1600. The SMILES string of the molecule is COc1ccc(C2=NN(c3cccc(OC)c3)C(c3c(-c4ccc(OC)cc4)[nH]c4ccccc34)C2)cc1. The molecule has 0 amide bonds. The van der Waals surface area contributed by atoms with Crippen LogP contribution in [0.5, 0.6) is 17.2 Å². The standard InChI is InChI=1S/C32H29N3O3/c1-36-24-15-11-21(12-16-24)29-20-30(35(34-29)23-7-6-8-26(19-23)38-3)31-27-9-4-5-10-28(27)33-32(31)22-13-17-25(37-2)18-14-22/h4-19,30,33H,20H2,1-3H3. The third kappa shape index (κ3) is 4.24. The molecular formula is C32H29N3O3. The van der Waals surface area contributed by atoms with Crippen molar-refractivity contribution in [3.05, 3.63) is 108 Å². The molecule has 5 aromatic rings. The van der Waals surface area contributed by atoms with Crippen LogP contribution < -0.4 is 19.2 Å². The molecule has 1 N–H and O–H groups in total. The molecule has 1 aromatic heterocycles. The average Bonchev–Trinajstić information content (AvgIpc) is 3.59. The lowest BCUT2D eigenvalue weighted by Crippen LogP contribution is -2.19. The van der Waals surface area contributed by atoms with Crippen molar-refractivity contribution in [1.29, 1.82) is 0 Å². The Morgan fingerprint density at radius 2 is 1.37 bits per heavy atom. The van der Waals surface area contributed by atoms with Crippen LogP contribution in [-0.4, -0.2) is 32.0 Å². The number of hydrogen-bond donors (Lipinski definition) is 1. The highest BCUT2D eigenvalue weighted by molar-refractivity contribution is 6.04. The van der Waals surface area contributed by atoms with E-state index >= 15 is 0 Å². The molecule has 6 rings (SSSR count). The molecule has 1 aliphatic heterocycles.